The van der Waals surface area contributed by atoms with Crippen LogP contribution in [0.15, 0.2) is 42.5 Å². The lowest BCUT2D eigenvalue weighted by molar-refractivity contribution is -0.114. The molecule has 2 aromatic carbocycles. The second-order valence-electron chi connectivity index (χ2n) is 5.69. The van der Waals surface area contributed by atoms with Gasteiger partial charge in [-0.3, -0.25) is 9.10 Å². The summed E-state index contributed by atoms with van der Waals surface area (Å²) in [6.07, 6.45) is 0.957. The maximum atomic E-state index is 12.4. The quantitative estimate of drug-likeness (QED) is 0.658. The summed E-state index contributed by atoms with van der Waals surface area (Å²) < 4.78 is 30.1. The summed E-state index contributed by atoms with van der Waals surface area (Å²) in [5.74, 6) is -1.15. The third-order valence-electron chi connectivity index (χ3n) is 3.54. The molecule has 0 spiro atoms. The topological polar surface area (TPSA) is 92.8 Å². The maximum absolute atomic E-state index is 12.4. The molecule has 2 rings (SSSR count). The zero-order valence-electron chi connectivity index (χ0n) is 15.1. The van der Waals surface area contributed by atoms with E-state index in [2.05, 4.69) is 5.32 Å². The molecule has 0 saturated carbocycles. The molecule has 10 heteroatoms. The molecule has 0 heterocycles. The summed E-state index contributed by atoms with van der Waals surface area (Å²) in [5, 5.41) is 2.74. The average Bonchev–Trinajstić information content (AvgIpc) is 2.62. The summed E-state index contributed by atoms with van der Waals surface area (Å²) in [4.78, 5) is 24.2. The van der Waals surface area contributed by atoms with Crippen LogP contribution < -0.4 is 9.62 Å². The van der Waals surface area contributed by atoms with Gasteiger partial charge in [0.2, 0.25) is 15.9 Å². The highest BCUT2D eigenvalue weighted by Gasteiger charge is 2.24. The number of rotatable bonds is 7. The number of halogens is 2. The number of nitrogens with zero attached hydrogens (tertiary/aromatic N) is 1. The van der Waals surface area contributed by atoms with Crippen molar-refractivity contribution in [2.45, 2.75) is 6.92 Å². The van der Waals surface area contributed by atoms with Crippen molar-refractivity contribution in [3.05, 3.63) is 58.1 Å². The fraction of sp³-hybridized carbons (Fsp3) is 0.222. The van der Waals surface area contributed by atoms with E-state index in [1.165, 1.54) is 24.3 Å². The molecule has 0 aromatic heterocycles. The molecule has 2 aromatic rings. The number of carbonyl (C=O) groups is 2. The van der Waals surface area contributed by atoms with Crippen LogP contribution in [0.2, 0.25) is 10.0 Å². The standard InChI is InChI=1S/C18H18Cl2N2O5S/c1-3-27-18(24)12-6-4-7-13(10-12)21-16(23)11-22(28(2,25)26)15-9-5-8-14(19)17(15)20/h4-10H,3,11H2,1-2H3,(H,21,23). The number of hydrogen-bond donors (Lipinski definition) is 1. The fourth-order valence-corrected chi connectivity index (χ4v) is 3.64. The highest BCUT2D eigenvalue weighted by molar-refractivity contribution is 7.92. The van der Waals surface area contributed by atoms with Gasteiger partial charge in [-0.1, -0.05) is 35.3 Å². The lowest BCUT2D eigenvalue weighted by Gasteiger charge is -2.23. The van der Waals surface area contributed by atoms with Gasteiger partial charge in [-0.25, -0.2) is 13.2 Å². The highest BCUT2D eigenvalue weighted by Crippen LogP contribution is 2.33. The predicted molar refractivity (Wildman–Crippen MR) is 110 cm³/mol. The van der Waals surface area contributed by atoms with E-state index >= 15 is 0 Å². The molecule has 1 amide bonds. The van der Waals surface area contributed by atoms with E-state index in [4.69, 9.17) is 27.9 Å². The Morgan fingerprint density at radius 2 is 1.82 bits per heavy atom. The Morgan fingerprint density at radius 3 is 2.46 bits per heavy atom. The second-order valence-corrected chi connectivity index (χ2v) is 8.38. The Labute approximate surface area is 173 Å². The van der Waals surface area contributed by atoms with E-state index in [9.17, 15) is 18.0 Å². The monoisotopic (exact) mass is 444 g/mol. The third kappa shape index (κ3) is 5.60. The van der Waals surface area contributed by atoms with Gasteiger partial charge in [0.25, 0.3) is 0 Å². The smallest absolute Gasteiger partial charge is 0.338 e. The molecule has 0 unspecified atom stereocenters. The minimum atomic E-state index is -3.82. The number of nitrogens with one attached hydrogen (secondary N) is 1. The lowest BCUT2D eigenvalue weighted by Crippen LogP contribution is -2.37. The molecule has 28 heavy (non-hydrogen) atoms. The van der Waals surface area contributed by atoms with Crippen LogP contribution in [0.4, 0.5) is 11.4 Å². The largest absolute Gasteiger partial charge is 0.462 e. The van der Waals surface area contributed by atoms with Gasteiger partial charge >= 0.3 is 5.97 Å². The van der Waals surface area contributed by atoms with Crippen molar-refractivity contribution in [1.29, 1.82) is 0 Å². The number of ether oxygens (including phenoxy) is 1. The number of hydrogen-bond acceptors (Lipinski definition) is 5. The minimum Gasteiger partial charge on any atom is -0.462 e. The average molecular weight is 445 g/mol. The summed E-state index contributed by atoms with van der Waals surface area (Å²) in [6.45, 7) is 1.38. The first-order valence-electron chi connectivity index (χ1n) is 8.12. The summed E-state index contributed by atoms with van der Waals surface area (Å²) in [5.41, 5.74) is 0.672. The number of benzene rings is 2. The van der Waals surface area contributed by atoms with Crippen LogP contribution in [-0.2, 0) is 19.6 Å². The van der Waals surface area contributed by atoms with Crippen LogP contribution in [0.3, 0.4) is 0 Å². The van der Waals surface area contributed by atoms with E-state index < -0.39 is 28.4 Å². The highest BCUT2D eigenvalue weighted by atomic mass is 35.5. The molecule has 0 aliphatic carbocycles. The Hall–Kier alpha value is -2.29. The molecule has 0 atom stereocenters. The Bertz CT molecular complexity index is 995. The van der Waals surface area contributed by atoms with Gasteiger partial charge in [0.1, 0.15) is 6.54 Å². The van der Waals surface area contributed by atoms with Gasteiger partial charge in [0.15, 0.2) is 0 Å². The molecule has 0 saturated heterocycles. The molecule has 0 fully saturated rings. The molecule has 1 N–H and O–H groups in total. The van der Waals surface area contributed by atoms with E-state index in [-0.39, 0.29) is 27.9 Å². The number of amides is 1. The predicted octanol–water partition coefficient (Wildman–Crippen LogP) is 3.57. The fourth-order valence-electron chi connectivity index (χ4n) is 2.34. The van der Waals surface area contributed by atoms with E-state index in [1.807, 2.05) is 0 Å². The van der Waals surface area contributed by atoms with Crippen LogP contribution in [0, 0.1) is 0 Å². The number of anilines is 2. The Kier molecular flexibility index (Phi) is 7.29. The van der Waals surface area contributed by atoms with Crippen LogP contribution in [0.25, 0.3) is 0 Å². The van der Waals surface area contributed by atoms with Gasteiger partial charge in [0.05, 0.1) is 34.2 Å². The second kappa shape index (κ2) is 9.27. The van der Waals surface area contributed by atoms with Crippen molar-refractivity contribution in [2.75, 3.05) is 29.0 Å². The maximum Gasteiger partial charge on any atom is 0.338 e. The van der Waals surface area contributed by atoms with Crippen LogP contribution >= 0.6 is 23.2 Å². The summed E-state index contributed by atoms with van der Waals surface area (Å²) >= 11 is 12.1. The lowest BCUT2D eigenvalue weighted by atomic mass is 10.2. The van der Waals surface area contributed by atoms with Crippen molar-refractivity contribution < 1.29 is 22.7 Å². The Balaban J connectivity index is 2.23. The van der Waals surface area contributed by atoms with E-state index in [0.29, 0.717) is 5.69 Å². The molecular formula is C18H18Cl2N2O5S. The van der Waals surface area contributed by atoms with Crippen LogP contribution in [0.1, 0.15) is 17.3 Å². The van der Waals surface area contributed by atoms with Crippen LogP contribution in [0.5, 0.6) is 0 Å². The van der Waals surface area contributed by atoms with E-state index in [1.54, 1.807) is 25.1 Å². The SMILES string of the molecule is CCOC(=O)c1cccc(NC(=O)CN(c2cccc(Cl)c2Cl)S(C)(=O)=O)c1. The number of carbonyl (C=O) groups excluding carboxylic acids is 2. The molecular weight excluding hydrogens is 427 g/mol. The van der Waals surface area contributed by atoms with Gasteiger partial charge in [-0.05, 0) is 37.3 Å². The first kappa shape index (κ1) is 22.0. The summed E-state index contributed by atoms with van der Waals surface area (Å²) in [7, 11) is -3.82. The minimum absolute atomic E-state index is 0.0201. The van der Waals surface area contributed by atoms with Crippen molar-refractivity contribution in [3.8, 4) is 0 Å². The van der Waals surface area contributed by atoms with Crippen molar-refractivity contribution in [1.82, 2.24) is 0 Å². The third-order valence-corrected chi connectivity index (χ3v) is 5.48. The van der Waals surface area contributed by atoms with E-state index in [0.717, 1.165) is 10.6 Å². The molecule has 0 aliphatic heterocycles. The summed E-state index contributed by atoms with van der Waals surface area (Å²) in [6, 6.07) is 10.6. The van der Waals surface area contributed by atoms with Crippen molar-refractivity contribution >= 4 is 56.5 Å². The number of esters is 1. The molecule has 7 nitrogen and oxygen atoms in total. The van der Waals surface area contributed by atoms with Gasteiger partial charge in [0, 0.05) is 5.69 Å². The van der Waals surface area contributed by atoms with Gasteiger partial charge in [-0.15, -0.1) is 0 Å². The van der Waals surface area contributed by atoms with Gasteiger partial charge in [-0.2, -0.15) is 0 Å². The first-order valence-corrected chi connectivity index (χ1v) is 10.7. The van der Waals surface area contributed by atoms with Crippen molar-refractivity contribution in [3.63, 3.8) is 0 Å². The first-order chi connectivity index (χ1) is 13.1. The molecule has 0 bridgehead atoms. The Morgan fingerprint density at radius 1 is 1.14 bits per heavy atom. The number of sulfonamides is 1. The normalized spacial score (nSPS) is 11.0. The molecule has 0 aliphatic rings. The molecule has 150 valence electrons. The van der Waals surface area contributed by atoms with Crippen molar-refractivity contribution in [2.24, 2.45) is 0 Å². The zero-order chi connectivity index (χ0) is 20.9. The van der Waals surface area contributed by atoms with Crippen LogP contribution in [-0.4, -0.2) is 39.7 Å². The van der Waals surface area contributed by atoms with Gasteiger partial charge < -0.3 is 10.1 Å². The molecule has 0 radical (unpaired) electrons. The zero-order valence-corrected chi connectivity index (χ0v) is 17.4.